The summed E-state index contributed by atoms with van der Waals surface area (Å²) in [6.45, 7) is 1.53. The van der Waals surface area contributed by atoms with E-state index in [1.54, 1.807) is 6.08 Å². The Balaban J connectivity index is 1.40. The molecule has 1 N–H and O–H groups in total. The van der Waals surface area contributed by atoms with Crippen LogP contribution in [0.5, 0.6) is 11.5 Å². The van der Waals surface area contributed by atoms with Gasteiger partial charge < -0.3 is 9.84 Å². The lowest BCUT2D eigenvalue weighted by Crippen LogP contribution is -2.49. The lowest BCUT2D eigenvalue weighted by Gasteiger charge is -2.49. The zero-order valence-electron chi connectivity index (χ0n) is 27.6. The Kier molecular flexibility index (Phi) is 9.08. The van der Waals surface area contributed by atoms with Gasteiger partial charge in [-0.15, -0.1) is 0 Å². The van der Waals surface area contributed by atoms with Crippen LogP contribution in [0.4, 0.5) is 42.1 Å². The van der Waals surface area contributed by atoms with Crippen LogP contribution in [0, 0.1) is 34.9 Å². The van der Waals surface area contributed by atoms with E-state index in [9.17, 15) is 55.0 Å². The summed E-state index contributed by atoms with van der Waals surface area (Å²) in [6.07, 6.45) is -9.32. The van der Waals surface area contributed by atoms with Crippen LogP contribution in [-0.2, 0) is 31.5 Å². The molecule has 6 unspecified atom stereocenters. The predicted octanol–water partition coefficient (Wildman–Crippen LogP) is 9.19. The number of halogens is 10. The van der Waals surface area contributed by atoms with Crippen LogP contribution in [0.15, 0.2) is 63.1 Å². The Morgan fingerprint density at radius 3 is 2.06 bits per heavy atom. The summed E-state index contributed by atoms with van der Waals surface area (Å²) >= 11 is 12.8. The third-order valence-electron chi connectivity index (χ3n) is 11.0. The molecule has 0 spiro atoms. The number of allylic oxidation sites excluding steroid dienone is 2. The van der Waals surface area contributed by atoms with Gasteiger partial charge in [-0.1, -0.05) is 23.3 Å². The summed E-state index contributed by atoms with van der Waals surface area (Å²) in [5.41, 5.74) is -5.34. The third-order valence-corrected chi connectivity index (χ3v) is 13.4. The molecule has 3 aromatic carbocycles. The molecule has 2 saturated heterocycles. The molecule has 3 fully saturated rings. The third kappa shape index (κ3) is 5.58. The van der Waals surface area contributed by atoms with Gasteiger partial charge in [-0.2, -0.15) is 26.3 Å². The number of phenols is 1. The number of hydrogen-bond donors (Lipinski definition) is 1. The van der Waals surface area contributed by atoms with Gasteiger partial charge in [0.15, 0.2) is 11.5 Å². The van der Waals surface area contributed by atoms with Gasteiger partial charge >= 0.3 is 12.4 Å². The van der Waals surface area contributed by atoms with Crippen molar-refractivity contribution in [3.05, 3.63) is 90.6 Å². The monoisotopic (exact) mass is 906 g/mol. The highest BCUT2D eigenvalue weighted by atomic mass is 79.9. The summed E-state index contributed by atoms with van der Waals surface area (Å²) in [6, 6.07) is 5.18. The van der Waals surface area contributed by atoms with Crippen LogP contribution < -0.4 is 14.5 Å². The molecule has 2 aliphatic carbocycles. The molecule has 4 aliphatic rings. The van der Waals surface area contributed by atoms with Crippen LogP contribution in [0.3, 0.4) is 0 Å². The van der Waals surface area contributed by atoms with Crippen LogP contribution >= 0.6 is 43.5 Å². The highest BCUT2D eigenvalue weighted by molar-refractivity contribution is 9.13. The molecular weight excluding hydrogens is 885 g/mol. The number of carbonyl (C=O) groups excluding carboxylic acids is 4. The Bertz CT molecular complexity index is 2200. The number of rotatable bonds is 4. The van der Waals surface area contributed by atoms with E-state index < -0.39 is 93.6 Å². The number of imide groups is 2. The molecule has 0 bridgehead atoms. The van der Waals surface area contributed by atoms with E-state index in [1.807, 2.05) is 0 Å². The molecule has 1 saturated carbocycles. The van der Waals surface area contributed by atoms with E-state index in [2.05, 4.69) is 31.9 Å². The van der Waals surface area contributed by atoms with Gasteiger partial charge in [0.1, 0.15) is 5.82 Å². The van der Waals surface area contributed by atoms with Gasteiger partial charge in [0, 0.05) is 10.4 Å². The molecular formula is C36H24Br2ClF7N2O6. The number of fused-ring (bicyclic) bond motifs is 4. The number of benzene rings is 3. The van der Waals surface area contributed by atoms with E-state index in [0.717, 1.165) is 17.0 Å². The molecule has 0 aromatic heterocycles. The molecule has 0 radical (unpaired) electrons. The zero-order valence-corrected chi connectivity index (χ0v) is 31.5. The minimum Gasteiger partial charge on any atom is -0.503 e. The summed E-state index contributed by atoms with van der Waals surface area (Å²) in [5.74, 6) is -10.7. The molecule has 8 nitrogen and oxygen atoms in total. The summed E-state index contributed by atoms with van der Waals surface area (Å²) in [7, 11) is 1.28. The van der Waals surface area contributed by atoms with Crippen molar-refractivity contribution < 1.29 is 59.8 Å². The summed E-state index contributed by atoms with van der Waals surface area (Å²) in [5, 5.41) is 10.4. The molecule has 2 heterocycles. The van der Waals surface area contributed by atoms with E-state index in [1.165, 1.54) is 26.2 Å². The van der Waals surface area contributed by atoms with Crippen molar-refractivity contribution in [3.8, 4) is 11.5 Å². The number of ether oxygens (including phenoxy) is 1. The Labute approximate surface area is 323 Å². The number of phenolic OH excluding ortho intramolecular Hbond substituents is 1. The number of anilines is 2. The summed E-state index contributed by atoms with van der Waals surface area (Å²) in [4.78, 5) is 58.5. The fourth-order valence-electron chi connectivity index (χ4n) is 8.53. The van der Waals surface area contributed by atoms with Gasteiger partial charge in [-0.3, -0.25) is 19.2 Å². The lowest BCUT2D eigenvalue weighted by atomic mass is 9.51. The molecule has 54 heavy (non-hydrogen) atoms. The highest BCUT2D eigenvalue weighted by Gasteiger charge is 2.68. The second-order valence-electron chi connectivity index (χ2n) is 13.7. The maximum atomic E-state index is 14.7. The largest absolute Gasteiger partial charge is 0.503 e. The zero-order chi connectivity index (χ0) is 39.6. The topological polar surface area (TPSA) is 104 Å². The Morgan fingerprint density at radius 1 is 0.852 bits per heavy atom. The van der Waals surface area contributed by atoms with E-state index in [4.69, 9.17) is 16.3 Å². The molecule has 2 aliphatic heterocycles. The van der Waals surface area contributed by atoms with Crippen molar-refractivity contribution in [2.75, 3.05) is 16.9 Å². The molecule has 7 rings (SSSR count). The molecule has 6 atom stereocenters. The smallest absolute Gasteiger partial charge is 0.416 e. The van der Waals surface area contributed by atoms with Gasteiger partial charge in [-0.05, 0) is 106 Å². The van der Waals surface area contributed by atoms with Crippen LogP contribution in [-0.4, -0.2) is 35.8 Å². The number of nitrogens with zero attached hydrogens (tertiary/aromatic N) is 2. The molecule has 18 heteroatoms. The Hall–Kier alpha value is -3.96. The van der Waals surface area contributed by atoms with Crippen molar-refractivity contribution in [1.82, 2.24) is 0 Å². The quantitative estimate of drug-likeness (QED) is 0.159. The minimum atomic E-state index is -5.26. The normalized spacial score (nSPS) is 26.9. The summed E-state index contributed by atoms with van der Waals surface area (Å²) < 4.78 is 103. The SMILES string of the molecule is COc1cc(C2C3=CCC4C(=O)N(c5cc(C(F)(F)F)cc(C(F)(F)F)c5)C(=O)C4C3CC3C(=O)N(c4ccc(F)c(Cl)c4)C(=O)C32C)c(Br)c(Br)c1O. The second-order valence-corrected chi connectivity index (χ2v) is 15.7. The molecule has 4 amide bonds. The maximum Gasteiger partial charge on any atom is 0.416 e. The number of methoxy groups -OCH3 is 1. The average molecular weight is 909 g/mol. The van der Waals surface area contributed by atoms with Crippen LogP contribution in [0.2, 0.25) is 5.02 Å². The highest BCUT2D eigenvalue weighted by Crippen LogP contribution is 2.65. The van der Waals surface area contributed by atoms with E-state index >= 15 is 0 Å². The molecule has 3 aromatic rings. The predicted molar refractivity (Wildman–Crippen MR) is 185 cm³/mol. The van der Waals surface area contributed by atoms with Gasteiger partial charge in [0.05, 0.1) is 62.3 Å². The average Bonchev–Trinajstić information content (AvgIpc) is 3.47. The lowest BCUT2D eigenvalue weighted by molar-refractivity contribution is -0.143. The first-order valence-electron chi connectivity index (χ1n) is 16.1. The standard InChI is InChI=1S/C36H24Br2ClF7N2O6/c1-34-21(31(51)48(33(34)53)15-3-6-23(40)22(39)10-15)11-19-17(26(34)20-12-24(54-2)29(49)28(38)27(20)37)4-5-18-25(19)32(52)47(30(18)50)16-8-13(35(41,42)43)7-14(9-16)36(44,45)46/h3-4,6-10,12,18-19,21,25-26,49H,5,11H2,1-2H3. The van der Waals surface area contributed by atoms with E-state index in [-0.39, 0.29) is 50.1 Å². The van der Waals surface area contributed by atoms with Crippen LogP contribution in [0.1, 0.15) is 42.4 Å². The first-order valence-corrected chi connectivity index (χ1v) is 18.0. The Morgan fingerprint density at radius 2 is 1.48 bits per heavy atom. The number of hydrogen-bond acceptors (Lipinski definition) is 6. The van der Waals surface area contributed by atoms with Crippen molar-refractivity contribution in [3.63, 3.8) is 0 Å². The van der Waals surface area contributed by atoms with Crippen molar-refractivity contribution >= 4 is 78.5 Å². The van der Waals surface area contributed by atoms with Gasteiger partial charge in [-0.25, -0.2) is 14.2 Å². The second kappa shape index (κ2) is 12.8. The van der Waals surface area contributed by atoms with E-state index in [0.29, 0.717) is 28.2 Å². The van der Waals surface area contributed by atoms with Gasteiger partial charge in [0.2, 0.25) is 23.6 Å². The molecule has 284 valence electrons. The maximum absolute atomic E-state index is 14.7. The van der Waals surface area contributed by atoms with Crippen molar-refractivity contribution in [2.45, 2.75) is 38.0 Å². The number of amides is 4. The number of alkyl halides is 6. The first-order chi connectivity index (χ1) is 25.1. The van der Waals surface area contributed by atoms with Gasteiger partial charge in [0.25, 0.3) is 0 Å². The van der Waals surface area contributed by atoms with Crippen molar-refractivity contribution in [2.24, 2.45) is 29.1 Å². The fraction of sp³-hybridized carbons (Fsp3) is 0.333. The number of carbonyl (C=O) groups is 4. The number of aromatic hydroxyl groups is 1. The first kappa shape index (κ1) is 38.3. The minimum absolute atomic E-state index is 0.0427. The fourth-order valence-corrected chi connectivity index (χ4v) is 9.66. The van der Waals surface area contributed by atoms with Crippen molar-refractivity contribution in [1.29, 1.82) is 0 Å². The van der Waals surface area contributed by atoms with Crippen LogP contribution in [0.25, 0.3) is 0 Å².